The molecule has 0 radical (unpaired) electrons. The van der Waals surface area contributed by atoms with Gasteiger partial charge >= 0.3 is 0 Å². The van der Waals surface area contributed by atoms with E-state index in [0.717, 1.165) is 0 Å². The summed E-state index contributed by atoms with van der Waals surface area (Å²) in [5, 5.41) is 21.0. The quantitative estimate of drug-likeness (QED) is 0.490. The molecule has 7 nitrogen and oxygen atoms in total. The first-order valence-corrected chi connectivity index (χ1v) is 7.55. The van der Waals surface area contributed by atoms with Gasteiger partial charge in [-0.15, -0.1) is 0 Å². The first kappa shape index (κ1) is 18.8. The van der Waals surface area contributed by atoms with Crippen LogP contribution in [0.3, 0.4) is 0 Å². The van der Waals surface area contributed by atoms with Crippen molar-refractivity contribution in [1.82, 2.24) is 4.90 Å². The molecule has 0 spiro atoms. The van der Waals surface area contributed by atoms with E-state index in [2.05, 4.69) is 0 Å². The molecule has 126 valence electrons. The fourth-order valence-electron chi connectivity index (χ4n) is 2.63. The predicted molar refractivity (Wildman–Crippen MR) is 80.7 cm³/mol. The molecule has 0 aromatic carbocycles. The summed E-state index contributed by atoms with van der Waals surface area (Å²) in [6.07, 6.45) is -3.01. The van der Waals surface area contributed by atoms with Crippen molar-refractivity contribution in [3.05, 3.63) is 0 Å². The van der Waals surface area contributed by atoms with Crippen molar-refractivity contribution in [2.75, 3.05) is 26.2 Å². The fraction of sp³-hybridized carbons (Fsp3) is 1.00. The molecule has 0 bridgehead atoms. The highest BCUT2D eigenvalue weighted by atomic mass is 16.7. The van der Waals surface area contributed by atoms with Crippen molar-refractivity contribution in [1.29, 1.82) is 0 Å². The lowest BCUT2D eigenvalue weighted by Crippen LogP contribution is -2.65. The summed E-state index contributed by atoms with van der Waals surface area (Å²) in [6.45, 7) is 9.40. The first-order valence-electron chi connectivity index (χ1n) is 7.55. The van der Waals surface area contributed by atoms with Crippen LogP contribution in [0.1, 0.15) is 27.7 Å². The van der Waals surface area contributed by atoms with Gasteiger partial charge in [-0.05, 0) is 27.7 Å². The summed E-state index contributed by atoms with van der Waals surface area (Å²) >= 11 is 0. The molecule has 1 aliphatic rings. The lowest BCUT2D eigenvalue weighted by molar-refractivity contribution is -0.305. The molecule has 0 amide bonds. The molecule has 0 aromatic rings. The maximum Gasteiger partial charge on any atom is 0.186 e. The summed E-state index contributed by atoms with van der Waals surface area (Å²) in [5.41, 5.74) is 10.8. The number of aliphatic hydroxyl groups excluding tert-OH is 2. The van der Waals surface area contributed by atoms with E-state index >= 15 is 0 Å². The molecule has 0 aliphatic carbocycles. The van der Waals surface area contributed by atoms with Gasteiger partial charge in [0.2, 0.25) is 0 Å². The molecule has 1 fully saturated rings. The summed E-state index contributed by atoms with van der Waals surface area (Å²) in [7, 11) is 0. The van der Waals surface area contributed by atoms with Crippen LogP contribution in [-0.4, -0.2) is 77.5 Å². The van der Waals surface area contributed by atoms with Gasteiger partial charge in [0.15, 0.2) is 6.29 Å². The van der Waals surface area contributed by atoms with Crippen LogP contribution in [0.25, 0.3) is 0 Å². The molecular weight excluding hydrogens is 274 g/mol. The summed E-state index contributed by atoms with van der Waals surface area (Å²) in [5.74, 6) is 0. The Morgan fingerprint density at radius 2 is 1.62 bits per heavy atom. The Morgan fingerprint density at radius 3 is 2.05 bits per heavy atom. The molecule has 0 aromatic heterocycles. The van der Waals surface area contributed by atoms with E-state index in [4.69, 9.17) is 20.9 Å². The molecule has 21 heavy (non-hydrogen) atoms. The van der Waals surface area contributed by atoms with E-state index in [0.29, 0.717) is 26.2 Å². The summed E-state index contributed by atoms with van der Waals surface area (Å²) in [4.78, 5) is 1.91. The third-order valence-corrected chi connectivity index (χ3v) is 3.53. The van der Waals surface area contributed by atoms with Crippen molar-refractivity contribution in [2.45, 2.75) is 63.9 Å². The normalized spacial score (nSPS) is 34.4. The fourth-order valence-corrected chi connectivity index (χ4v) is 2.63. The molecule has 6 N–H and O–H groups in total. The van der Waals surface area contributed by atoms with Gasteiger partial charge in [-0.1, -0.05) is 0 Å². The van der Waals surface area contributed by atoms with Crippen LogP contribution in [0.15, 0.2) is 0 Å². The van der Waals surface area contributed by atoms with Gasteiger partial charge in [0.25, 0.3) is 0 Å². The molecule has 5 atom stereocenters. The Hall–Kier alpha value is -0.280. The maximum absolute atomic E-state index is 10.6. The van der Waals surface area contributed by atoms with E-state index in [1.165, 1.54) is 0 Å². The lowest BCUT2D eigenvalue weighted by Gasteiger charge is -2.47. The average Bonchev–Trinajstić information content (AvgIpc) is 2.35. The van der Waals surface area contributed by atoms with Crippen LogP contribution in [0.2, 0.25) is 0 Å². The average molecular weight is 305 g/mol. The number of ether oxygens (including phenoxy) is 2. The Kier molecular flexibility index (Phi) is 6.99. The number of aliphatic hydroxyl groups is 2. The number of nitrogens with two attached hydrogens (primary N) is 2. The van der Waals surface area contributed by atoms with E-state index in [9.17, 15) is 10.2 Å². The first-order chi connectivity index (χ1) is 9.71. The third-order valence-electron chi connectivity index (χ3n) is 3.53. The van der Waals surface area contributed by atoms with Crippen molar-refractivity contribution >= 4 is 0 Å². The Balaban J connectivity index is 2.91. The smallest absolute Gasteiger partial charge is 0.186 e. The van der Waals surface area contributed by atoms with Gasteiger partial charge in [-0.3, -0.25) is 4.90 Å². The minimum absolute atomic E-state index is 0.427. The van der Waals surface area contributed by atoms with Crippen molar-refractivity contribution in [3.63, 3.8) is 0 Å². The van der Waals surface area contributed by atoms with E-state index in [1.54, 1.807) is 6.92 Å². The van der Waals surface area contributed by atoms with Gasteiger partial charge < -0.3 is 31.2 Å². The predicted octanol–water partition coefficient (Wildman–Crippen LogP) is -1.14. The highest BCUT2D eigenvalue weighted by Crippen LogP contribution is 2.28. The molecule has 1 heterocycles. The molecule has 1 unspecified atom stereocenters. The van der Waals surface area contributed by atoms with E-state index in [1.807, 2.05) is 25.7 Å². The van der Waals surface area contributed by atoms with Crippen LogP contribution in [0.5, 0.6) is 0 Å². The number of nitrogens with zero attached hydrogens (tertiary/aromatic N) is 1. The van der Waals surface area contributed by atoms with Crippen LogP contribution < -0.4 is 11.5 Å². The summed E-state index contributed by atoms with van der Waals surface area (Å²) in [6, 6.07) is -0.506. The minimum atomic E-state index is -0.964. The molecule has 0 saturated carbocycles. The molecule has 1 aliphatic heterocycles. The van der Waals surface area contributed by atoms with E-state index in [-0.39, 0.29) is 0 Å². The highest BCUT2D eigenvalue weighted by Gasteiger charge is 2.46. The van der Waals surface area contributed by atoms with Gasteiger partial charge in [-0.2, -0.15) is 0 Å². The molecular formula is C14H31N3O4. The second kappa shape index (κ2) is 7.82. The number of hydrogen-bond donors (Lipinski definition) is 4. The molecule has 1 rings (SSSR count). The SMILES string of the molecule is C[C@H]1O[C@@H](OC(C)(C)C)[C@@H](O)C(N(CCN)CCN)[C@@H]1O. The number of hydrogen-bond acceptors (Lipinski definition) is 7. The summed E-state index contributed by atoms with van der Waals surface area (Å²) < 4.78 is 11.4. The highest BCUT2D eigenvalue weighted by molar-refractivity contribution is 4.95. The molecule has 1 saturated heterocycles. The topological polar surface area (TPSA) is 114 Å². The van der Waals surface area contributed by atoms with Gasteiger partial charge in [0.05, 0.1) is 23.9 Å². The monoisotopic (exact) mass is 305 g/mol. The Bertz CT molecular complexity index is 305. The van der Waals surface area contributed by atoms with Crippen molar-refractivity contribution in [2.24, 2.45) is 11.5 Å². The van der Waals surface area contributed by atoms with Crippen LogP contribution in [0.4, 0.5) is 0 Å². The van der Waals surface area contributed by atoms with Crippen molar-refractivity contribution < 1.29 is 19.7 Å². The zero-order chi connectivity index (χ0) is 16.2. The standard InChI is InChI=1S/C14H31N3O4/c1-9-11(18)10(17(7-5-15)8-6-16)12(19)13(20-9)21-14(2,3)4/h9-13,18-19H,5-8,15-16H2,1-4H3/t9-,10?,11-,12+,13+/m1/s1. The second-order valence-electron chi connectivity index (χ2n) is 6.52. The van der Waals surface area contributed by atoms with Crippen LogP contribution in [0, 0.1) is 0 Å². The number of rotatable bonds is 6. The molecule has 7 heteroatoms. The zero-order valence-electron chi connectivity index (χ0n) is 13.5. The Labute approximate surface area is 127 Å². The van der Waals surface area contributed by atoms with Crippen LogP contribution in [-0.2, 0) is 9.47 Å². The zero-order valence-corrected chi connectivity index (χ0v) is 13.5. The van der Waals surface area contributed by atoms with E-state index < -0.39 is 36.2 Å². The van der Waals surface area contributed by atoms with Crippen LogP contribution >= 0.6 is 0 Å². The van der Waals surface area contributed by atoms with Gasteiger partial charge in [-0.25, -0.2) is 0 Å². The lowest BCUT2D eigenvalue weighted by atomic mass is 9.94. The maximum atomic E-state index is 10.6. The van der Waals surface area contributed by atoms with Crippen molar-refractivity contribution in [3.8, 4) is 0 Å². The minimum Gasteiger partial charge on any atom is -0.389 e. The Morgan fingerprint density at radius 1 is 1.10 bits per heavy atom. The second-order valence-corrected chi connectivity index (χ2v) is 6.52. The van der Waals surface area contributed by atoms with Gasteiger partial charge in [0.1, 0.15) is 6.10 Å². The largest absolute Gasteiger partial charge is 0.389 e. The third kappa shape index (κ3) is 5.14. The van der Waals surface area contributed by atoms with Gasteiger partial charge in [0, 0.05) is 26.2 Å².